The van der Waals surface area contributed by atoms with Gasteiger partial charge in [-0.15, -0.1) is 0 Å². The van der Waals surface area contributed by atoms with E-state index >= 15 is 0 Å². The first-order chi connectivity index (χ1) is 7.94. The van der Waals surface area contributed by atoms with Gasteiger partial charge in [0.05, 0.1) is 0 Å². The third-order valence-electron chi connectivity index (χ3n) is 2.84. The Morgan fingerprint density at radius 3 is 2.71 bits per heavy atom. The molecule has 0 aromatic heterocycles. The van der Waals surface area contributed by atoms with E-state index in [1.807, 2.05) is 25.6 Å². The normalized spacial score (nSPS) is 14.9. The number of amidine groups is 1. The predicted octanol–water partition coefficient (Wildman–Crippen LogP) is 2.27. The molecule has 1 unspecified atom stereocenters. The van der Waals surface area contributed by atoms with E-state index in [2.05, 4.69) is 24.3 Å². The van der Waals surface area contributed by atoms with Crippen LogP contribution in [-0.2, 0) is 0 Å². The highest BCUT2D eigenvalue weighted by atomic mass is 32.2. The molecule has 102 valence electrons. The maximum Gasteiger partial charge on any atom is 0.144 e. The fourth-order valence-corrected chi connectivity index (χ4v) is 2.20. The topological polar surface area (TPSA) is 70.6 Å². The first-order valence-electron chi connectivity index (χ1n) is 6.23. The van der Waals surface area contributed by atoms with Crippen molar-refractivity contribution in [3.8, 4) is 0 Å². The summed E-state index contributed by atoms with van der Waals surface area (Å²) in [6.07, 6.45) is 1.95. The standard InChI is InChI=1S/C12H27N3OS/c1-5-17-9-10(2)14-8-6-7-12(3,4)11(13)15-16/h10,14,16H,5-9H2,1-4H3,(H2,13,15). The smallest absolute Gasteiger partial charge is 0.144 e. The van der Waals surface area contributed by atoms with E-state index in [1.54, 1.807) is 0 Å². The predicted molar refractivity (Wildman–Crippen MR) is 76.9 cm³/mol. The summed E-state index contributed by atoms with van der Waals surface area (Å²) >= 11 is 1.95. The van der Waals surface area contributed by atoms with Crippen LogP contribution in [0, 0.1) is 5.41 Å². The molecule has 0 heterocycles. The van der Waals surface area contributed by atoms with Crippen LogP contribution in [0.2, 0.25) is 0 Å². The Morgan fingerprint density at radius 1 is 1.53 bits per heavy atom. The van der Waals surface area contributed by atoms with Crippen LogP contribution >= 0.6 is 11.8 Å². The third kappa shape index (κ3) is 7.49. The molecular formula is C12H27N3OS. The summed E-state index contributed by atoms with van der Waals surface area (Å²) in [5.41, 5.74) is 5.41. The fourth-order valence-electron chi connectivity index (χ4n) is 1.50. The Kier molecular flexibility index (Phi) is 8.43. The molecule has 0 spiro atoms. The Labute approximate surface area is 109 Å². The monoisotopic (exact) mass is 261 g/mol. The molecule has 4 N–H and O–H groups in total. The molecule has 0 amide bonds. The van der Waals surface area contributed by atoms with Gasteiger partial charge in [-0.1, -0.05) is 25.9 Å². The molecule has 0 saturated carbocycles. The maximum atomic E-state index is 8.66. The van der Waals surface area contributed by atoms with Crippen LogP contribution in [0.1, 0.15) is 40.5 Å². The molecule has 5 heteroatoms. The van der Waals surface area contributed by atoms with Crippen LogP contribution in [-0.4, -0.2) is 35.1 Å². The summed E-state index contributed by atoms with van der Waals surface area (Å²) in [5, 5.41) is 15.2. The van der Waals surface area contributed by atoms with Gasteiger partial charge < -0.3 is 16.3 Å². The van der Waals surface area contributed by atoms with Gasteiger partial charge in [-0.2, -0.15) is 11.8 Å². The van der Waals surface area contributed by atoms with Crippen LogP contribution in [0.3, 0.4) is 0 Å². The number of oxime groups is 1. The molecule has 0 rings (SSSR count). The van der Waals surface area contributed by atoms with Gasteiger partial charge in [-0.05, 0) is 32.1 Å². The molecule has 0 saturated heterocycles. The summed E-state index contributed by atoms with van der Waals surface area (Å²) < 4.78 is 0. The minimum absolute atomic E-state index is 0.224. The first-order valence-corrected chi connectivity index (χ1v) is 7.38. The van der Waals surface area contributed by atoms with Crippen molar-refractivity contribution in [1.29, 1.82) is 0 Å². The Morgan fingerprint density at radius 2 is 2.18 bits per heavy atom. The van der Waals surface area contributed by atoms with E-state index in [0.29, 0.717) is 11.9 Å². The second-order valence-electron chi connectivity index (χ2n) is 4.99. The zero-order chi connectivity index (χ0) is 13.3. The second-order valence-corrected chi connectivity index (χ2v) is 6.31. The van der Waals surface area contributed by atoms with Crippen LogP contribution < -0.4 is 11.1 Å². The summed E-state index contributed by atoms with van der Waals surface area (Å²) in [6.45, 7) is 9.36. The minimum Gasteiger partial charge on any atom is -0.409 e. The van der Waals surface area contributed by atoms with E-state index in [1.165, 1.54) is 5.75 Å². The maximum absolute atomic E-state index is 8.66. The quantitative estimate of drug-likeness (QED) is 0.196. The van der Waals surface area contributed by atoms with Crippen molar-refractivity contribution in [1.82, 2.24) is 5.32 Å². The van der Waals surface area contributed by atoms with E-state index in [9.17, 15) is 0 Å². The van der Waals surface area contributed by atoms with Gasteiger partial charge in [0.25, 0.3) is 0 Å². The lowest BCUT2D eigenvalue weighted by atomic mass is 9.86. The molecule has 0 aromatic carbocycles. The first kappa shape index (κ1) is 16.6. The molecule has 0 aromatic rings. The van der Waals surface area contributed by atoms with Crippen molar-refractivity contribution >= 4 is 17.6 Å². The molecule has 1 atom stereocenters. The van der Waals surface area contributed by atoms with Crippen molar-refractivity contribution in [2.45, 2.75) is 46.6 Å². The molecule has 0 fully saturated rings. The van der Waals surface area contributed by atoms with Crippen molar-refractivity contribution < 1.29 is 5.21 Å². The van der Waals surface area contributed by atoms with Gasteiger partial charge in [0.1, 0.15) is 5.84 Å². The number of hydrogen-bond donors (Lipinski definition) is 3. The molecule has 4 nitrogen and oxygen atoms in total. The summed E-state index contributed by atoms with van der Waals surface area (Å²) in [7, 11) is 0. The molecule has 0 radical (unpaired) electrons. The van der Waals surface area contributed by atoms with E-state index < -0.39 is 0 Å². The van der Waals surface area contributed by atoms with Crippen molar-refractivity contribution in [2.75, 3.05) is 18.1 Å². The summed E-state index contributed by atoms with van der Waals surface area (Å²) in [5.74, 6) is 2.63. The number of rotatable bonds is 9. The highest BCUT2D eigenvalue weighted by molar-refractivity contribution is 7.99. The van der Waals surface area contributed by atoms with Crippen LogP contribution in [0.5, 0.6) is 0 Å². The largest absolute Gasteiger partial charge is 0.409 e. The lowest BCUT2D eigenvalue weighted by Gasteiger charge is -2.23. The van der Waals surface area contributed by atoms with E-state index in [4.69, 9.17) is 10.9 Å². The molecule has 0 aliphatic heterocycles. The Bertz CT molecular complexity index is 232. The van der Waals surface area contributed by atoms with Gasteiger partial charge in [0.15, 0.2) is 0 Å². The second kappa shape index (κ2) is 8.64. The number of nitrogens with one attached hydrogen (secondary N) is 1. The molecule has 0 aliphatic carbocycles. The van der Waals surface area contributed by atoms with Gasteiger partial charge in [-0.3, -0.25) is 0 Å². The Balaban J connectivity index is 3.70. The van der Waals surface area contributed by atoms with Gasteiger partial charge in [-0.25, -0.2) is 0 Å². The molecule has 0 aliphatic rings. The van der Waals surface area contributed by atoms with Crippen LogP contribution in [0.25, 0.3) is 0 Å². The van der Waals surface area contributed by atoms with Crippen molar-refractivity contribution in [2.24, 2.45) is 16.3 Å². The average molecular weight is 261 g/mol. The van der Waals surface area contributed by atoms with Crippen LogP contribution in [0.4, 0.5) is 0 Å². The highest BCUT2D eigenvalue weighted by Gasteiger charge is 2.22. The van der Waals surface area contributed by atoms with Crippen LogP contribution in [0.15, 0.2) is 5.16 Å². The number of thioether (sulfide) groups is 1. The average Bonchev–Trinajstić information content (AvgIpc) is 2.30. The number of nitrogens with zero attached hydrogens (tertiary/aromatic N) is 1. The Hall–Kier alpha value is -0.420. The zero-order valence-corrected chi connectivity index (χ0v) is 12.3. The van der Waals surface area contributed by atoms with Gasteiger partial charge in [0, 0.05) is 17.2 Å². The fraction of sp³-hybridized carbons (Fsp3) is 0.917. The van der Waals surface area contributed by atoms with Crippen molar-refractivity contribution in [3.63, 3.8) is 0 Å². The third-order valence-corrected chi connectivity index (χ3v) is 3.99. The molecule has 0 bridgehead atoms. The summed E-state index contributed by atoms with van der Waals surface area (Å²) in [4.78, 5) is 0. The zero-order valence-electron chi connectivity index (χ0n) is 11.5. The lowest BCUT2D eigenvalue weighted by Crippen LogP contribution is -2.34. The highest BCUT2D eigenvalue weighted by Crippen LogP contribution is 2.21. The minimum atomic E-state index is -0.224. The van der Waals surface area contributed by atoms with E-state index in [-0.39, 0.29) is 5.41 Å². The van der Waals surface area contributed by atoms with Gasteiger partial charge in [0.2, 0.25) is 0 Å². The van der Waals surface area contributed by atoms with Gasteiger partial charge >= 0.3 is 0 Å². The lowest BCUT2D eigenvalue weighted by molar-refractivity contribution is 0.304. The summed E-state index contributed by atoms with van der Waals surface area (Å²) in [6, 6.07) is 0.548. The number of nitrogens with two attached hydrogens (primary N) is 1. The van der Waals surface area contributed by atoms with Crippen molar-refractivity contribution in [3.05, 3.63) is 0 Å². The number of hydrogen-bond acceptors (Lipinski definition) is 4. The molecular weight excluding hydrogens is 234 g/mol. The SMILES string of the molecule is CCSCC(C)NCCCC(C)(C)C(N)=NO. The molecule has 17 heavy (non-hydrogen) atoms. The van der Waals surface area contributed by atoms with E-state index in [0.717, 1.165) is 25.1 Å².